The van der Waals surface area contributed by atoms with Gasteiger partial charge in [0.05, 0.1) is 41.9 Å². The molecule has 0 spiro atoms. The van der Waals surface area contributed by atoms with Crippen LogP contribution in [0, 0.1) is 0 Å². The molecule has 1 amide bonds. The lowest BCUT2D eigenvalue weighted by Crippen LogP contribution is -2.30. The van der Waals surface area contributed by atoms with Crippen molar-refractivity contribution in [3.05, 3.63) is 89.0 Å². The number of aromatic carboxylic acids is 1. The molecule has 5 rings (SSSR count). The van der Waals surface area contributed by atoms with E-state index >= 15 is 0 Å². The van der Waals surface area contributed by atoms with E-state index in [1.807, 2.05) is 6.92 Å². The van der Waals surface area contributed by atoms with Crippen molar-refractivity contribution < 1.29 is 34.1 Å². The summed E-state index contributed by atoms with van der Waals surface area (Å²) in [6, 6.07) is 16.7. The maximum absolute atomic E-state index is 13.4. The molecule has 39 heavy (non-hydrogen) atoms. The number of aromatic nitrogens is 2. The summed E-state index contributed by atoms with van der Waals surface area (Å²) in [6.45, 7) is 2.53. The van der Waals surface area contributed by atoms with E-state index in [9.17, 15) is 24.6 Å². The Morgan fingerprint density at radius 2 is 1.64 bits per heavy atom. The fraction of sp³-hybridized carbons (Fsp3) is 0.172. The zero-order valence-electron chi connectivity index (χ0n) is 21.2. The van der Waals surface area contributed by atoms with Crippen LogP contribution < -0.4 is 14.4 Å². The lowest BCUT2D eigenvalue weighted by Gasteiger charge is -2.23. The average molecular weight is 528 g/mol. The number of aromatic amines is 1. The van der Waals surface area contributed by atoms with Gasteiger partial charge in [0.2, 0.25) is 5.95 Å². The van der Waals surface area contributed by atoms with E-state index in [0.29, 0.717) is 40.3 Å². The Hall–Kier alpha value is -5.12. The van der Waals surface area contributed by atoms with Crippen molar-refractivity contribution in [2.75, 3.05) is 18.6 Å². The maximum atomic E-state index is 13.4. The molecule has 0 radical (unpaired) electrons. The quantitative estimate of drug-likeness (QED) is 0.170. The number of benzene rings is 3. The number of ether oxygens (including phenoxy) is 2. The number of carboxylic acids is 1. The number of anilines is 1. The monoisotopic (exact) mass is 527 g/mol. The summed E-state index contributed by atoms with van der Waals surface area (Å²) in [7, 11) is 1.52. The van der Waals surface area contributed by atoms with Crippen molar-refractivity contribution in [2.45, 2.75) is 19.4 Å². The van der Waals surface area contributed by atoms with E-state index in [0.717, 1.165) is 6.42 Å². The van der Waals surface area contributed by atoms with Crippen LogP contribution in [0.25, 0.3) is 16.8 Å². The minimum absolute atomic E-state index is 0.0396. The first-order chi connectivity index (χ1) is 18.8. The van der Waals surface area contributed by atoms with Crippen molar-refractivity contribution in [2.24, 2.45) is 0 Å². The van der Waals surface area contributed by atoms with Gasteiger partial charge in [0.15, 0.2) is 0 Å². The van der Waals surface area contributed by atoms with E-state index < -0.39 is 23.7 Å². The normalized spacial score (nSPS) is 16.6. The Labute approximate surface area is 223 Å². The van der Waals surface area contributed by atoms with Crippen LogP contribution in [0.1, 0.15) is 40.9 Å². The van der Waals surface area contributed by atoms with Crippen molar-refractivity contribution >= 4 is 40.4 Å². The molecule has 1 fully saturated rings. The van der Waals surface area contributed by atoms with Crippen LogP contribution in [-0.4, -0.2) is 51.6 Å². The Morgan fingerprint density at radius 1 is 0.974 bits per heavy atom. The highest BCUT2D eigenvalue weighted by Gasteiger charge is 2.48. The minimum Gasteiger partial charge on any atom is -0.507 e. The van der Waals surface area contributed by atoms with Crippen LogP contribution in [0.4, 0.5) is 5.95 Å². The molecule has 2 heterocycles. The Bertz CT molecular complexity index is 1600. The third-order valence-electron chi connectivity index (χ3n) is 6.42. The number of ketones is 1. The molecule has 1 aliphatic heterocycles. The molecule has 1 saturated heterocycles. The highest BCUT2D eigenvalue weighted by molar-refractivity contribution is 6.51. The van der Waals surface area contributed by atoms with E-state index in [1.54, 1.807) is 48.5 Å². The third kappa shape index (κ3) is 4.68. The summed E-state index contributed by atoms with van der Waals surface area (Å²) in [5.41, 5.74) is 1.59. The number of carbonyl (C=O) groups is 3. The molecule has 3 N–H and O–H groups in total. The number of Topliss-reactive ketones (excluding diaryl/α,β-unsaturated/α-hetero) is 1. The van der Waals surface area contributed by atoms with Crippen LogP contribution in [0.3, 0.4) is 0 Å². The van der Waals surface area contributed by atoms with Crippen LogP contribution >= 0.6 is 0 Å². The largest absolute Gasteiger partial charge is 0.507 e. The zero-order valence-corrected chi connectivity index (χ0v) is 21.2. The molecular formula is C29H25N3O7. The number of methoxy groups -OCH3 is 1. The maximum Gasteiger partial charge on any atom is 0.335 e. The number of hydrogen-bond donors (Lipinski definition) is 3. The van der Waals surface area contributed by atoms with Crippen LogP contribution in [-0.2, 0) is 9.59 Å². The van der Waals surface area contributed by atoms with Crippen LogP contribution in [0.15, 0.2) is 72.3 Å². The van der Waals surface area contributed by atoms with E-state index in [-0.39, 0.29) is 22.8 Å². The molecule has 1 aliphatic rings. The van der Waals surface area contributed by atoms with Crippen LogP contribution in [0.5, 0.6) is 11.5 Å². The van der Waals surface area contributed by atoms with Gasteiger partial charge in [-0.15, -0.1) is 0 Å². The number of nitrogens with zero attached hydrogens (tertiary/aromatic N) is 2. The first kappa shape index (κ1) is 25.5. The molecule has 10 heteroatoms. The molecular weight excluding hydrogens is 502 g/mol. The summed E-state index contributed by atoms with van der Waals surface area (Å²) in [5, 5.41) is 20.7. The number of amides is 1. The Balaban J connectivity index is 1.64. The van der Waals surface area contributed by atoms with Crippen LogP contribution in [0.2, 0.25) is 0 Å². The summed E-state index contributed by atoms with van der Waals surface area (Å²) < 4.78 is 10.9. The van der Waals surface area contributed by atoms with Gasteiger partial charge in [-0.1, -0.05) is 19.1 Å². The average Bonchev–Trinajstić information content (AvgIpc) is 3.49. The molecule has 0 bridgehead atoms. The van der Waals surface area contributed by atoms with E-state index in [2.05, 4.69) is 9.97 Å². The highest BCUT2D eigenvalue weighted by Crippen LogP contribution is 2.42. The van der Waals surface area contributed by atoms with E-state index in [4.69, 9.17) is 9.47 Å². The SMILES string of the molecule is CCCOc1ccc(/C(O)=C2\C(=O)C(=O)N(c3nc4ccc(C(=O)O)cc4[nH]3)C2c2ccc(OC)cc2)cc1. The van der Waals surface area contributed by atoms with Gasteiger partial charge < -0.3 is 24.7 Å². The highest BCUT2D eigenvalue weighted by atomic mass is 16.5. The van der Waals surface area contributed by atoms with E-state index in [1.165, 1.54) is 30.2 Å². The van der Waals surface area contributed by atoms with Crippen molar-refractivity contribution in [1.82, 2.24) is 9.97 Å². The molecule has 3 aromatic carbocycles. The molecule has 0 saturated carbocycles. The molecule has 0 aliphatic carbocycles. The molecule has 4 aromatic rings. The first-order valence-electron chi connectivity index (χ1n) is 12.2. The Kier molecular flexibility index (Phi) is 6.76. The number of H-pyrrole nitrogens is 1. The Morgan fingerprint density at radius 3 is 2.28 bits per heavy atom. The van der Waals surface area contributed by atoms with Gasteiger partial charge in [-0.2, -0.15) is 0 Å². The summed E-state index contributed by atoms with van der Waals surface area (Å²) in [4.78, 5) is 46.8. The number of imidazole rings is 1. The number of carbonyl (C=O) groups excluding carboxylic acids is 2. The standard InChI is InChI=1S/C29H25N3O7/c1-3-14-39-20-11-6-17(7-12-20)25(33)23-24(16-4-9-19(38-2)10-5-16)32(27(35)26(23)34)29-30-21-13-8-18(28(36)37)15-22(21)31-29/h4-13,15,24,33H,3,14H2,1-2H3,(H,30,31)(H,36,37)/b25-23+. The third-order valence-corrected chi connectivity index (χ3v) is 6.42. The number of aliphatic hydroxyl groups excluding tert-OH is 1. The molecule has 1 unspecified atom stereocenters. The second-order valence-corrected chi connectivity index (χ2v) is 8.91. The second kappa shape index (κ2) is 10.3. The number of aliphatic hydroxyl groups is 1. The lowest BCUT2D eigenvalue weighted by molar-refractivity contribution is -0.132. The number of rotatable bonds is 8. The predicted octanol–water partition coefficient (Wildman–Crippen LogP) is 4.68. The van der Waals surface area contributed by atoms with Gasteiger partial charge in [-0.3, -0.25) is 14.5 Å². The van der Waals surface area contributed by atoms with Gasteiger partial charge in [0.25, 0.3) is 5.78 Å². The van der Waals surface area contributed by atoms with Gasteiger partial charge in [0.1, 0.15) is 17.3 Å². The zero-order chi connectivity index (χ0) is 27.7. The minimum atomic E-state index is -1.11. The van der Waals surface area contributed by atoms with Crippen molar-refractivity contribution in [3.63, 3.8) is 0 Å². The molecule has 1 atom stereocenters. The number of hydrogen-bond acceptors (Lipinski definition) is 7. The van der Waals surface area contributed by atoms with Gasteiger partial charge in [-0.05, 0) is 66.6 Å². The predicted molar refractivity (Wildman–Crippen MR) is 143 cm³/mol. The number of carboxylic acid groups (broad SMARTS) is 1. The summed E-state index contributed by atoms with van der Waals surface area (Å²) >= 11 is 0. The lowest BCUT2D eigenvalue weighted by atomic mass is 9.95. The molecule has 1 aromatic heterocycles. The first-order valence-corrected chi connectivity index (χ1v) is 12.2. The van der Waals surface area contributed by atoms with Crippen molar-refractivity contribution in [1.29, 1.82) is 0 Å². The number of nitrogens with one attached hydrogen (secondary N) is 1. The van der Waals surface area contributed by atoms with Crippen molar-refractivity contribution in [3.8, 4) is 11.5 Å². The summed E-state index contributed by atoms with van der Waals surface area (Å²) in [6.07, 6.45) is 0.840. The smallest absolute Gasteiger partial charge is 0.335 e. The molecule has 198 valence electrons. The summed E-state index contributed by atoms with van der Waals surface area (Å²) in [5.74, 6) is -2.00. The fourth-order valence-corrected chi connectivity index (χ4v) is 4.48. The fourth-order valence-electron chi connectivity index (χ4n) is 4.48. The second-order valence-electron chi connectivity index (χ2n) is 8.91. The van der Waals surface area contributed by atoms with Gasteiger partial charge >= 0.3 is 11.9 Å². The van der Waals surface area contributed by atoms with Gasteiger partial charge in [-0.25, -0.2) is 9.78 Å². The van der Waals surface area contributed by atoms with Gasteiger partial charge in [0, 0.05) is 5.56 Å². The molecule has 10 nitrogen and oxygen atoms in total. The number of fused-ring (bicyclic) bond motifs is 1. The topological polar surface area (TPSA) is 142 Å².